The maximum atomic E-state index is 12.8. The van der Waals surface area contributed by atoms with Gasteiger partial charge in [0, 0.05) is 18.4 Å². The van der Waals surface area contributed by atoms with Gasteiger partial charge >= 0.3 is 5.97 Å². The van der Waals surface area contributed by atoms with Crippen molar-refractivity contribution < 1.29 is 28.2 Å². The average Bonchev–Trinajstić information content (AvgIpc) is 2.78. The van der Waals surface area contributed by atoms with E-state index < -0.39 is 25.8 Å². The highest BCUT2D eigenvalue weighted by molar-refractivity contribution is 8.09. The summed E-state index contributed by atoms with van der Waals surface area (Å²) in [5, 5.41) is 23.5. The number of sulfone groups is 1. The van der Waals surface area contributed by atoms with Crippen LogP contribution in [0.5, 0.6) is 11.5 Å². The largest absolute Gasteiger partial charge is 0.507 e. The van der Waals surface area contributed by atoms with Gasteiger partial charge in [0.2, 0.25) is 14.8 Å². The molecule has 0 atom stereocenters. The number of phenols is 2. The fourth-order valence-corrected chi connectivity index (χ4v) is 5.27. The molecular formula is C17H22N2O6S. The number of carbonyl (C=O) groups is 1. The van der Waals surface area contributed by atoms with E-state index in [-0.39, 0.29) is 30.0 Å². The number of benzene rings is 1. The summed E-state index contributed by atoms with van der Waals surface area (Å²) in [4.78, 5) is 10.6. The summed E-state index contributed by atoms with van der Waals surface area (Å²) < 4.78 is 30.9. The Morgan fingerprint density at radius 3 is 2.19 bits per heavy atom. The number of rotatable bonds is 2. The summed E-state index contributed by atoms with van der Waals surface area (Å²) in [6.07, 6.45) is 2.74. The van der Waals surface area contributed by atoms with Crippen molar-refractivity contribution in [2.75, 3.05) is 5.43 Å². The minimum Gasteiger partial charge on any atom is -0.507 e. The number of esters is 1. The van der Waals surface area contributed by atoms with Gasteiger partial charge in [-0.3, -0.25) is 5.43 Å². The van der Waals surface area contributed by atoms with E-state index in [1.54, 1.807) is 20.8 Å². The first-order valence-electron chi connectivity index (χ1n) is 8.46. The monoisotopic (exact) mass is 382 g/mol. The topological polar surface area (TPSA) is 125 Å². The number of aromatic hydroxyl groups is 2. The molecule has 0 unspecified atom stereocenters. The minimum absolute atomic E-state index is 0.0383. The molecule has 1 saturated heterocycles. The molecule has 2 aliphatic rings. The summed E-state index contributed by atoms with van der Waals surface area (Å²) in [6, 6.07) is 0. The molecule has 3 rings (SSSR count). The zero-order valence-electron chi connectivity index (χ0n) is 14.9. The molecule has 0 radical (unpaired) electrons. The predicted octanol–water partition coefficient (Wildman–Crippen LogP) is 2.38. The Hall–Kier alpha value is -2.29. The highest BCUT2D eigenvalue weighted by Gasteiger charge is 2.59. The maximum absolute atomic E-state index is 12.8. The second-order valence-electron chi connectivity index (χ2n) is 6.84. The molecule has 3 N–H and O–H groups in total. The van der Waals surface area contributed by atoms with Crippen LogP contribution in [0.4, 0.5) is 5.69 Å². The Bertz CT molecular complexity index is 885. The van der Waals surface area contributed by atoms with Gasteiger partial charge < -0.3 is 14.9 Å². The van der Waals surface area contributed by atoms with Crippen molar-refractivity contribution in [2.24, 2.45) is 5.10 Å². The van der Waals surface area contributed by atoms with Crippen molar-refractivity contribution in [3.05, 3.63) is 16.7 Å². The number of ether oxygens (including phenoxy) is 1. The van der Waals surface area contributed by atoms with Crippen LogP contribution in [0.25, 0.3) is 0 Å². The van der Waals surface area contributed by atoms with E-state index in [1.807, 2.05) is 0 Å². The lowest BCUT2D eigenvalue weighted by Gasteiger charge is -2.29. The van der Waals surface area contributed by atoms with Gasteiger partial charge in [0.15, 0.2) is 0 Å². The van der Waals surface area contributed by atoms with Gasteiger partial charge in [-0.2, -0.15) is 5.10 Å². The Balaban J connectivity index is 2.01. The Morgan fingerprint density at radius 2 is 1.58 bits per heavy atom. The van der Waals surface area contributed by atoms with Crippen LogP contribution in [0, 0.1) is 20.8 Å². The van der Waals surface area contributed by atoms with Crippen molar-refractivity contribution in [3.63, 3.8) is 0 Å². The predicted molar refractivity (Wildman–Crippen MR) is 95.9 cm³/mol. The first kappa shape index (κ1) is 18.5. The van der Waals surface area contributed by atoms with Crippen LogP contribution in [-0.2, 0) is 19.4 Å². The number of phenolic OH excluding ortho intramolecular Hbond substituents is 2. The number of hydrogen-bond acceptors (Lipinski definition) is 8. The molecule has 1 saturated carbocycles. The van der Waals surface area contributed by atoms with Crippen molar-refractivity contribution in [1.82, 2.24) is 0 Å². The maximum Gasteiger partial charge on any atom is 0.372 e. The van der Waals surface area contributed by atoms with E-state index in [0.717, 1.165) is 6.42 Å². The third kappa shape index (κ3) is 2.53. The molecule has 1 aromatic rings. The second kappa shape index (κ2) is 6.15. The van der Waals surface area contributed by atoms with E-state index in [0.29, 0.717) is 29.5 Å². The van der Waals surface area contributed by atoms with Gasteiger partial charge in [0.25, 0.3) is 5.04 Å². The highest BCUT2D eigenvalue weighted by Crippen LogP contribution is 2.43. The lowest BCUT2D eigenvalue weighted by Crippen LogP contribution is -2.39. The molecule has 9 heteroatoms. The number of hydrazone groups is 1. The SMILES string of the molecule is Cc1c(C)c(O)c(NN=C2C(=O)OC3(CCCCC3)S2(=O)=O)c(C)c1O. The van der Waals surface area contributed by atoms with Gasteiger partial charge in [-0.1, -0.05) is 6.42 Å². The molecule has 142 valence electrons. The standard InChI is InChI=1S/C17H22N2O6S/c1-9-10(2)14(21)12(11(3)13(9)20)18-19-15-16(22)25-17(26(15,23)24)7-5-4-6-8-17/h18,20-21H,4-8H2,1-3H3. The third-order valence-corrected chi connectivity index (χ3v) is 7.56. The van der Waals surface area contributed by atoms with E-state index in [4.69, 9.17) is 4.74 Å². The summed E-state index contributed by atoms with van der Waals surface area (Å²) in [5.74, 6) is -1.20. The van der Waals surface area contributed by atoms with Crippen molar-refractivity contribution in [3.8, 4) is 11.5 Å². The molecule has 1 aromatic carbocycles. The number of nitrogens with zero attached hydrogens (tertiary/aromatic N) is 1. The Kier molecular flexibility index (Phi) is 4.38. The molecular weight excluding hydrogens is 360 g/mol. The zero-order chi connectivity index (χ0) is 19.3. The molecule has 0 amide bonds. The summed E-state index contributed by atoms with van der Waals surface area (Å²) in [7, 11) is -4.05. The number of anilines is 1. The molecule has 1 aliphatic carbocycles. The lowest BCUT2D eigenvalue weighted by molar-refractivity contribution is -0.143. The summed E-state index contributed by atoms with van der Waals surface area (Å²) >= 11 is 0. The first-order chi connectivity index (χ1) is 12.1. The van der Waals surface area contributed by atoms with Crippen molar-refractivity contribution in [1.29, 1.82) is 0 Å². The molecule has 0 aromatic heterocycles. The molecule has 1 spiro atoms. The molecule has 0 bridgehead atoms. The minimum atomic E-state index is -4.05. The first-order valence-corrected chi connectivity index (χ1v) is 9.94. The zero-order valence-corrected chi connectivity index (χ0v) is 15.7. The second-order valence-corrected chi connectivity index (χ2v) is 8.98. The van der Waals surface area contributed by atoms with Crippen LogP contribution in [-0.4, -0.2) is 34.6 Å². The van der Waals surface area contributed by atoms with E-state index in [9.17, 15) is 23.4 Å². The normalized spacial score (nSPS) is 22.6. The molecule has 26 heavy (non-hydrogen) atoms. The van der Waals surface area contributed by atoms with Crippen molar-refractivity contribution in [2.45, 2.75) is 57.8 Å². The molecule has 2 fully saturated rings. The summed E-state index contributed by atoms with van der Waals surface area (Å²) in [6.45, 7) is 4.81. The van der Waals surface area contributed by atoms with Gasteiger partial charge in [0.1, 0.15) is 17.2 Å². The smallest absolute Gasteiger partial charge is 0.372 e. The van der Waals surface area contributed by atoms with Gasteiger partial charge in [-0.15, -0.1) is 0 Å². The van der Waals surface area contributed by atoms with Gasteiger partial charge in [0.05, 0.1) is 0 Å². The van der Waals surface area contributed by atoms with E-state index in [2.05, 4.69) is 10.5 Å². The Labute approximate surface area is 151 Å². The van der Waals surface area contributed by atoms with Crippen LogP contribution in [0.3, 0.4) is 0 Å². The molecule has 1 aliphatic heterocycles. The van der Waals surface area contributed by atoms with Gasteiger partial charge in [-0.25, -0.2) is 13.2 Å². The number of hydrogen-bond donors (Lipinski definition) is 3. The lowest BCUT2D eigenvalue weighted by atomic mass is 9.97. The average molecular weight is 382 g/mol. The van der Waals surface area contributed by atoms with Crippen LogP contribution < -0.4 is 5.43 Å². The van der Waals surface area contributed by atoms with E-state index >= 15 is 0 Å². The highest BCUT2D eigenvalue weighted by atomic mass is 32.2. The Morgan fingerprint density at radius 1 is 1.00 bits per heavy atom. The molecule has 8 nitrogen and oxygen atoms in total. The van der Waals surface area contributed by atoms with Crippen LogP contribution in [0.2, 0.25) is 0 Å². The third-order valence-electron chi connectivity index (χ3n) is 5.32. The fourth-order valence-electron chi connectivity index (χ4n) is 3.48. The quantitative estimate of drug-likeness (QED) is 0.310. The van der Waals surface area contributed by atoms with Crippen LogP contribution in [0.1, 0.15) is 48.8 Å². The van der Waals surface area contributed by atoms with Gasteiger partial charge in [-0.05, 0) is 44.7 Å². The van der Waals surface area contributed by atoms with Crippen LogP contribution >= 0.6 is 0 Å². The fraction of sp³-hybridized carbons (Fsp3) is 0.529. The van der Waals surface area contributed by atoms with E-state index in [1.165, 1.54) is 0 Å². The number of nitrogens with one attached hydrogen (secondary N) is 1. The van der Waals surface area contributed by atoms with Crippen LogP contribution in [0.15, 0.2) is 5.10 Å². The molecule has 1 heterocycles. The number of carbonyl (C=O) groups excluding carboxylic acids is 1. The van der Waals surface area contributed by atoms with Crippen molar-refractivity contribution >= 4 is 26.5 Å². The summed E-state index contributed by atoms with van der Waals surface area (Å²) in [5.41, 5.74) is 3.72.